The molecule has 1 N–H and O–H groups in total. The molecule has 0 fully saturated rings. The minimum absolute atomic E-state index is 0.750. The van der Waals surface area contributed by atoms with Crippen molar-refractivity contribution < 1.29 is 4.79 Å². The number of rotatable bonds is 1. The van der Waals surface area contributed by atoms with Crippen LogP contribution in [0.4, 0.5) is 0 Å². The monoisotopic (exact) mass is 239 g/mol. The van der Waals surface area contributed by atoms with Crippen LogP contribution in [0.3, 0.4) is 0 Å². The third kappa shape index (κ3) is 20.8. The van der Waals surface area contributed by atoms with Crippen LogP contribution in [0.2, 0.25) is 0 Å². The second-order valence-electron chi connectivity index (χ2n) is 3.07. The Labute approximate surface area is 107 Å². The van der Waals surface area contributed by atoms with Gasteiger partial charge in [-0.15, -0.1) is 0 Å². The Bertz CT molecular complexity index is 229. The Morgan fingerprint density at radius 3 is 1.65 bits per heavy atom. The summed E-state index contributed by atoms with van der Waals surface area (Å²) < 4.78 is 0. The van der Waals surface area contributed by atoms with Gasteiger partial charge >= 0.3 is 0 Å². The first kappa shape index (κ1) is 21.2. The van der Waals surface area contributed by atoms with Crippen molar-refractivity contribution in [1.29, 1.82) is 0 Å². The first-order valence-electron chi connectivity index (χ1n) is 6.20. The van der Waals surface area contributed by atoms with Crippen molar-refractivity contribution in [3.05, 3.63) is 35.4 Å². The van der Waals surface area contributed by atoms with Crippen molar-refractivity contribution in [2.45, 2.75) is 41.0 Å². The van der Waals surface area contributed by atoms with Gasteiger partial charge in [-0.2, -0.15) is 0 Å². The van der Waals surface area contributed by atoms with Gasteiger partial charge in [0.05, 0.1) is 0 Å². The summed E-state index contributed by atoms with van der Waals surface area (Å²) in [5, 5.41) is 2.75. The SMILES string of the molecule is CC.CC=O.CCc1ccc(C)cc1.CNC. The molecule has 17 heavy (non-hydrogen) atoms. The van der Waals surface area contributed by atoms with Crippen LogP contribution in [0.5, 0.6) is 0 Å². The van der Waals surface area contributed by atoms with Gasteiger partial charge in [0.15, 0.2) is 0 Å². The topological polar surface area (TPSA) is 29.1 Å². The van der Waals surface area contributed by atoms with E-state index in [0.29, 0.717) is 0 Å². The number of aryl methyl sites for hydroxylation is 2. The van der Waals surface area contributed by atoms with Crippen LogP contribution in [0.1, 0.15) is 38.8 Å². The average molecular weight is 239 g/mol. The van der Waals surface area contributed by atoms with Crippen LogP contribution in [-0.4, -0.2) is 20.4 Å². The molecule has 1 aromatic rings. The summed E-state index contributed by atoms with van der Waals surface area (Å²) in [7, 11) is 3.75. The van der Waals surface area contributed by atoms with Gasteiger partial charge < -0.3 is 10.1 Å². The van der Waals surface area contributed by atoms with Crippen LogP contribution in [-0.2, 0) is 11.2 Å². The van der Waals surface area contributed by atoms with E-state index in [2.05, 4.69) is 43.4 Å². The highest BCUT2D eigenvalue weighted by Crippen LogP contribution is 2.02. The summed E-state index contributed by atoms with van der Waals surface area (Å²) in [5.74, 6) is 0. The Kier molecular flexibility index (Phi) is 25.3. The lowest BCUT2D eigenvalue weighted by Crippen LogP contribution is -1.89. The van der Waals surface area contributed by atoms with E-state index in [1.807, 2.05) is 27.9 Å². The molecule has 0 aliphatic heterocycles. The summed E-state index contributed by atoms with van der Waals surface area (Å²) >= 11 is 0. The molecule has 100 valence electrons. The van der Waals surface area contributed by atoms with Gasteiger partial charge in [0.25, 0.3) is 0 Å². The fourth-order valence-corrected chi connectivity index (χ4v) is 0.824. The molecular formula is C15H29NO. The highest BCUT2D eigenvalue weighted by Gasteiger charge is 1.84. The van der Waals surface area contributed by atoms with E-state index >= 15 is 0 Å². The molecule has 0 amide bonds. The van der Waals surface area contributed by atoms with Crippen molar-refractivity contribution in [2.75, 3.05) is 14.1 Å². The molecule has 2 heteroatoms. The first-order valence-corrected chi connectivity index (χ1v) is 6.20. The average Bonchev–Trinajstić information content (AvgIpc) is 2.35. The summed E-state index contributed by atoms with van der Waals surface area (Å²) in [6.45, 7) is 9.73. The van der Waals surface area contributed by atoms with Gasteiger partial charge in [-0.25, -0.2) is 0 Å². The molecular weight excluding hydrogens is 210 g/mol. The number of aldehydes is 1. The lowest BCUT2D eigenvalue weighted by molar-refractivity contribution is -0.106. The number of nitrogens with one attached hydrogen (secondary N) is 1. The van der Waals surface area contributed by atoms with Crippen molar-refractivity contribution in [3.8, 4) is 0 Å². The van der Waals surface area contributed by atoms with Gasteiger partial charge in [-0.1, -0.05) is 50.6 Å². The fourth-order valence-electron chi connectivity index (χ4n) is 0.824. The van der Waals surface area contributed by atoms with Crippen molar-refractivity contribution in [1.82, 2.24) is 5.32 Å². The molecule has 0 atom stereocenters. The van der Waals surface area contributed by atoms with E-state index in [0.717, 1.165) is 12.7 Å². The molecule has 0 saturated carbocycles. The van der Waals surface area contributed by atoms with Gasteiger partial charge in [0.1, 0.15) is 6.29 Å². The molecule has 0 aliphatic rings. The third-order valence-electron chi connectivity index (χ3n) is 1.53. The Balaban J connectivity index is -0.000000207. The highest BCUT2D eigenvalue weighted by molar-refractivity contribution is 5.44. The maximum atomic E-state index is 8.81. The molecule has 0 bridgehead atoms. The lowest BCUT2D eigenvalue weighted by atomic mass is 10.1. The summed E-state index contributed by atoms with van der Waals surface area (Å²) in [6, 6.07) is 8.66. The smallest absolute Gasteiger partial charge is 0.116 e. The normalized spacial score (nSPS) is 7.24. The molecule has 0 aliphatic carbocycles. The van der Waals surface area contributed by atoms with Crippen LogP contribution in [0, 0.1) is 6.92 Å². The van der Waals surface area contributed by atoms with E-state index < -0.39 is 0 Å². The molecule has 1 rings (SSSR count). The zero-order chi connectivity index (χ0) is 14.1. The molecule has 0 radical (unpaired) electrons. The van der Waals surface area contributed by atoms with Crippen LogP contribution in [0.25, 0.3) is 0 Å². The third-order valence-corrected chi connectivity index (χ3v) is 1.53. The molecule has 0 unspecified atom stereocenters. The predicted molar refractivity (Wildman–Crippen MR) is 78.6 cm³/mol. The van der Waals surface area contributed by atoms with E-state index in [1.54, 1.807) is 0 Å². The Morgan fingerprint density at radius 2 is 1.41 bits per heavy atom. The largest absolute Gasteiger partial charge is 0.323 e. The standard InChI is InChI=1S/C9H12.C2H7N.C2H4O.C2H6/c1-3-9-6-4-8(2)5-7-9;1-3-2;1-2-3;1-2/h4-7H,3H2,1-2H3;3H,1-2H3;2H,1H3;1-2H3. The number of hydrogen-bond acceptors (Lipinski definition) is 2. The summed E-state index contributed by atoms with van der Waals surface area (Å²) in [5.41, 5.74) is 2.76. The van der Waals surface area contributed by atoms with Crippen molar-refractivity contribution in [3.63, 3.8) is 0 Å². The van der Waals surface area contributed by atoms with Crippen LogP contribution >= 0.6 is 0 Å². The molecule has 0 saturated heterocycles. The molecule has 0 aromatic heterocycles. The van der Waals surface area contributed by atoms with Gasteiger partial charge in [0, 0.05) is 0 Å². The van der Waals surface area contributed by atoms with E-state index in [1.165, 1.54) is 18.1 Å². The lowest BCUT2D eigenvalue weighted by Gasteiger charge is -1.94. The molecule has 0 heterocycles. The van der Waals surface area contributed by atoms with Gasteiger partial charge in [-0.3, -0.25) is 0 Å². The number of carbonyl (C=O) groups is 1. The Morgan fingerprint density at radius 1 is 1.12 bits per heavy atom. The second kappa shape index (κ2) is 20.3. The summed E-state index contributed by atoms with van der Waals surface area (Å²) in [4.78, 5) is 8.81. The van der Waals surface area contributed by atoms with E-state index in [9.17, 15) is 0 Å². The first-order chi connectivity index (χ1) is 8.15. The zero-order valence-corrected chi connectivity index (χ0v) is 12.5. The zero-order valence-electron chi connectivity index (χ0n) is 12.5. The second-order valence-corrected chi connectivity index (χ2v) is 3.07. The maximum absolute atomic E-state index is 8.81. The maximum Gasteiger partial charge on any atom is 0.116 e. The van der Waals surface area contributed by atoms with E-state index in [4.69, 9.17) is 4.79 Å². The molecule has 0 spiro atoms. The van der Waals surface area contributed by atoms with Gasteiger partial charge in [0.2, 0.25) is 0 Å². The minimum Gasteiger partial charge on any atom is -0.323 e. The number of carbonyl (C=O) groups excluding carboxylic acids is 1. The summed E-state index contributed by atoms with van der Waals surface area (Å²) in [6.07, 6.45) is 1.89. The molecule has 1 aromatic carbocycles. The van der Waals surface area contributed by atoms with Crippen LogP contribution in [0.15, 0.2) is 24.3 Å². The fraction of sp³-hybridized carbons (Fsp3) is 0.533. The Hall–Kier alpha value is -1.15. The quantitative estimate of drug-likeness (QED) is 0.758. The highest BCUT2D eigenvalue weighted by atomic mass is 16.1. The molecule has 2 nitrogen and oxygen atoms in total. The minimum atomic E-state index is 0.750. The number of hydrogen-bond donors (Lipinski definition) is 1. The van der Waals surface area contributed by atoms with Gasteiger partial charge in [-0.05, 0) is 39.9 Å². The number of benzene rings is 1. The van der Waals surface area contributed by atoms with Crippen molar-refractivity contribution in [2.24, 2.45) is 0 Å². The van der Waals surface area contributed by atoms with Crippen LogP contribution < -0.4 is 5.32 Å². The van der Waals surface area contributed by atoms with E-state index in [-0.39, 0.29) is 0 Å². The van der Waals surface area contributed by atoms with Crippen molar-refractivity contribution >= 4 is 6.29 Å². The predicted octanol–water partition coefficient (Wildman–Crippen LogP) is 3.62.